The third-order valence-corrected chi connectivity index (χ3v) is 5.08. The first kappa shape index (κ1) is 17.6. The van der Waals surface area contributed by atoms with Crippen molar-refractivity contribution in [2.45, 2.75) is 53.0 Å². The number of amides is 3. The molecule has 0 spiro atoms. The number of imide groups is 1. The first-order valence-electron chi connectivity index (χ1n) is 8.99. The zero-order valence-electron chi connectivity index (χ0n) is 15.4. The minimum absolute atomic E-state index is 0.172. The highest BCUT2D eigenvalue weighted by molar-refractivity contribution is 6.22. The average Bonchev–Trinajstić information content (AvgIpc) is 2.99. The molecule has 1 fully saturated rings. The van der Waals surface area contributed by atoms with E-state index in [0.29, 0.717) is 23.2 Å². The van der Waals surface area contributed by atoms with Gasteiger partial charge in [0, 0.05) is 18.2 Å². The Balaban J connectivity index is 1.76. The van der Waals surface area contributed by atoms with E-state index in [1.807, 2.05) is 13.8 Å². The van der Waals surface area contributed by atoms with Gasteiger partial charge in [-0.1, -0.05) is 27.7 Å². The first-order valence-corrected chi connectivity index (χ1v) is 8.99. The number of carbonyl (C=O) groups is 3. The number of carbonyl (C=O) groups excluding carboxylic acids is 3. The van der Waals surface area contributed by atoms with Crippen molar-refractivity contribution in [2.75, 3.05) is 6.54 Å². The molecule has 1 unspecified atom stereocenters. The SMILES string of the molecule is CC(C)CN1C(=O)c2ccc(C(=O)NC3CCC(C)(C)C3)cc2C1=O. The van der Waals surface area contributed by atoms with E-state index in [-0.39, 0.29) is 35.1 Å². The summed E-state index contributed by atoms with van der Waals surface area (Å²) in [4.78, 5) is 38.7. The molecule has 0 saturated heterocycles. The number of benzene rings is 1. The number of fused-ring (bicyclic) bond motifs is 1. The lowest BCUT2D eigenvalue weighted by atomic mass is 9.92. The summed E-state index contributed by atoms with van der Waals surface area (Å²) in [5, 5.41) is 3.06. The number of rotatable bonds is 4. The first-order chi connectivity index (χ1) is 11.7. The van der Waals surface area contributed by atoms with Gasteiger partial charge in [0.05, 0.1) is 11.1 Å². The fraction of sp³-hybridized carbons (Fsp3) is 0.550. The summed E-state index contributed by atoms with van der Waals surface area (Å²) < 4.78 is 0. The van der Waals surface area contributed by atoms with Gasteiger partial charge in [0.25, 0.3) is 17.7 Å². The third kappa shape index (κ3) is 3.46. The van der Waals surface area contributed by atoms with Gasteiger partial charge in [-0.3, -0.25) is 19.3 Å². The van der Waals surface area contributed by atoms with Gasteiger partial charge < -0.3 is 5.32 Å². The quantitative estimate of drug-likeness (QED) is 0.854. The Morgan fingerprint density at radius 3 is 2.52 bits per heavy atom. The molecule has 5 nitrogen and oxygen atoms in total. The molecule has 25 heavy (non-hydrogen) atoms. The van der Waals surface area contributed by atoms with Gasteiger partial charge in [-0.2, -0.15) is 0 Å². The van der Waals surface area contributed by atoms with Gasteiger partial charge in [0.15, 0.2) is 0 Å². The van der Waals surface area contributed by atoms with Crippen LogP contribution in [0.4, 0.5) is 0 Å². The second kappa shape index (κ2) is 6.28. The molecule has 1 N–H and O–H groups in total. The Morgan fingerprint density at radius 1 is 1.24 bits per heavy atom. The predicted molar refractivity (Wildman–Crippen MR) is 95.5 cm³/mol. The van der Waals surface area contributed by atoms with Gasteiger partial charge in [-0.25, -0.2) is 0 Å². The van der Waals surface area contributed by atoms with Crippen LogP contribution in [-0.4, -0.2) is 35.2 Å². The summed E-state index contributed by atoms with van der Waals surface area (Å²) in [6, 6.07) is 4.97. The Bertz CT molecular complexity index is 736. The van der Waals surface area contributed by atoms with E-state index in [9.17, 15) is 14.4 Å². The van der Waals surface area contributed by atoms with Gasteiger partial charge >= 0.3 is 0 Å². The Labute approximate surface area is 148 Å². The minimum Gasteiger partial charge on any atom is -0.349 e. The fourth-order valence-corrected chi connectivity index (χ4v) is 3.79. The summed E-state index contributed by atoms with van der Waals surface area (Å²) in [7, 11) is 0. The van der Waals surface area contributed by atoms with E-state index < -0.39 is 0 Å². The highest BCUT2D eigenvalue weighted by Crippen LogP contribution is 2.37. The van der Waals surface area contributed by atoms with Crippen LogP contribution in [0.25, 0.3) is 0 Å². The molecular weight excluding hydrogens is 316 g/mol. The topological polar surface area (TPSA) is 66.5 Å². The summed E-state index contributed by atoms with van der Waals surface area (Å²) in [6.07, 6.45) is 3.03. The molecule has 3 rings (SSSR count). The summed E-state index contributed by atoms with van der Waals surface area (Å²) in [6.45, 7) is 8.74. The molecule has 0 aromatic heterocycles. The zero-order valence-corrected chi connectivity index (χ0v) is 15.4. The minimum atomic E-state index is -0.301. The molecule has 1 heterocycles. The number of hydrogen-bond donors (Lipinski definition) is 1. The lowest BCUT2D eigenvalue weighted by molar-refractivity contribution is 0.0636. The van der Waals surface area contributed by atoms with Crippen molar-refractivity contribution in [3.63, 3.8) is 0 Å². The zero-order chi connectivity index (χ0) is 18.4. The van der Waals surface area contributed by atoms with Crippen molar-refractivity contribution >= 4 is 17.7 Å². The lowest BCUT2D eigenvalue weighted by Gasteiger charge is -2.18. The van der Waals surface area contributed by atoms with Crippen LogP contribution < -0.4 is 5.32 Å². The van der Waals surface area contributed by atoms with Crippen molar-refractivity contribution in [1.29, 1.82) is 0 Å². The van der Waals surface area contributed by atoms with Crippen LogP contribution in [0.15, 0.2) is 18.2 Å². The number of hydrogen-bond acceptors (Lipinski definition) is 3. The smallest absolute Gasteiger partial charge is 0.261 e. The summed E-state index contributed by atoms with van der Waals surface area (Å²) in [5.74, 6) is -0.535. The molecule has 1 aromatic carbocycles. The maximum Gasteiger partial charge on any atom is 0.261 e. The molecular formula is C20H26N2O3. The molecule has 1 saturated carbocycles. The highest BCUT2D eigenvalue weighted by atomic mass is 16.2. The molecule has 1 atom stereocenters. The Hall–Kier alpha value is -2.17. The van der Waals surface area contributed by atoms with Crippen LogP contribution in [-0.2, 0) is 0 Å². The molecule has 0 bridgehead atoms. The molecule has 1 aliphatic heterocycles. The van der Waals surface area contributed by atoms with Crippen LogP contribution in [0.2, 0.25) is 0 Å². The molecule has 0 radical (unpaired) electrons. The van der Waals surface area contributed by atoms with Crippen LogP contribution in [0.1, 0.15) is 78.0 Å². The van der Waals surface area contributed by atoms with Crippen LogP contribution in [0.5, 0.6) is 0 Å². The van der Waals surface area contributed by atoms with Crippen molar-refractivity contribution in [3.8, 4) is 0 Å². The van der Waals surface area contributed by atoms with E-state index in [1.165, 1.54) is 4.90 Å². The van der Waals surface area contributed by atoms with E-state index in [4.69, 9.17) is 0 Å². The van der Waals surface area contributed by atoms with Crippen molar-refractivity contribution in [1.82, 2.24) is 10.2 Å². The van der Waals surface area contributed by atoms with Crippen molar-refractivity contribution in [2.24, 2.45) is 11.3 Å². The molecule has 134 valence electrons. The number of nitrogens with one attached hydrogen (secondary N) is 1. The maximum absolute atomic E-state index is 12.5. The number of nitrogens with zero attached hydrogens (tertiary/aromatic N) is 1. The van der Waals surface area contributed by atoms with Crippen LogP contribution >= 0.6 is 0 Å². The highest BCUT2D eigenvalue weighted by Gasteiger charge is 2.36. The second-order valence-corrected chi connectivity index (χ2v) is 8.45. The molecule has 5 heteroatoms. The maximum atomic E-state index is 12.5. The lowest BCUT2D eigenvalue weighted by Crippen LogP contribution is -2.33. The molecule has 3 amide bonds. The molecule has 1 aromatic rings. The second-order valence-electron chi connectivity index (χ2n) is 8.45. The van der Waals surface area contributed by atoms with E-state index >= 15 is 0 Å². The standard InChI is InChI=1S/C20H26N2O3/c1-12(2)11-22-18(24)15-6-5-13(9-16(15)19(22)25)17(23)21-14-7-8-20(3,4)10-14/h5-6,9,12,14H,7-8,10-11H2,1-4H3,(H,21,23). The molecule has 1 aliphatic carbocycles. The van der Waals surface area contributed by atoms with Gasteiger partial charge in [-0.15, -0.1) is 0 Å². The van der Waals surface area contributed by atoms with Crippen molar-refractivity contribution < 1.29 is 14.4 Å². The van der Waals surface area contributed by atoms with E-state index in [0.717, 1.165) is 19.3 Å². The third-order valence-electron chi connectivity index (χ3n) is 5.08. The average molecular weight is 342 g/mol. The van der Waals surface area contributed by atoms with Crippen LogP contribution in [0, 0.1) is 11.3 Å². The fourth-order valence-electron chi connectivity index (χ4n) is 3.79. The monoisotopic (exact) mass is 342 g/mol. The predicted octanol–water partition coefficient (Wildman–Crippen LogP) is 3.25. The Kier molecular flexibility index (Phi) is 4.43. The van der Waals surface area contributed by atoms with Gasteiger partial charge in [0.1, 0.15) is 0 Å². The Morgan fingerprint density at radius 2 is 1.92 bits per heavy atom. The van der Waals surface area contributed by atoms with E-state index in [1.54, 1.807) is 18.2 Å². The largest absolute Gasteiger partial charge is 0.349 e. The normalized spacial score (nSPS) is 21.8. The summed E-state index contributed by atoms with van der Waals surface area (Å²) >= 11 is 0. The van der Waals surface area contributed by atoms with Crippen molar-refractivity contribution in [3.05, 3.63) is 34.9 Å². The van der Waals surface area contributed by atoms with Crippen LogP contribution in [0.3, 0.4) is 0 Å². The summed E-state index contributed by atoms with van der Waals surface area (Å²) in [5.41, 5.74) is 1.43. The molecule has 2 aliphatic rings. The van der Waals surface area contributed by atoms with Gasteiger partial charge in [-0.05, 0) is 48.8 Å². The van der Waals surface area contributed by atoms with E-state index in [2.05, 4.69) is 19.2 Å². The van der Waals surface area contributed by atoms with Gasteiger partial charge in [0.2, 0.25) is 0 Å².